The van der Waals surface area contributed by atoms with Crippen molar-refractivity contribution in [3.05, 3.63) is 86.6 Å². The SMILES string of the molecule is Cc1nc(NCc2ccncc2)[nH]c(=O)c1Cc1ccc(Cl)cc1. The fourth-order valence-corrected chi connectivity index (χ4v) is 2.52. The molecule has 24 heavy (non-hydrogen) atoms. The molecule has 0 spiro atoms. The minimum atomic E-state index is -0.130. The number of nitrogens with one attached hydrogen (secondary N) is 2. The Hall–Kier alpha value is -2.66. The average molecular weight is 341 g/mol. The van der Waals surface area contributed by atoms with E-state index in [0.29, 0.717) is 35.2 Å². The second kappa shape index (κ2) is 7.27. The standard InChI is InChI=1S/C18H17ClN4O/c1-12-16(10-13-2-4-15(19)5-3-13)17(24)23-18(22-12)21-11-14-6-8-20-9-7-14/h2-9H,10-11H2,1H3,(H2,21,22,23,24). The first-order chi connectivity index (χ1) is 11.6. The lowest BCUT2D eigenvalue weighted by atomic mass is 10.1. The van der Waals surface area contributed by atoms with Gasteiger partial charge in [0.1, 0.15) is 0 Å². The Morgan fingerprint density at radius 3 is 2.46 bits per heavy atom. The van der Waals surface area contributed by atoms with Crippen LogP contribution in [0.15, 0.2) is 53.6 Å². The first-order valence-electron chi connectivity index (χ1n) is 7.59. The molecule has 0 amide bonds. The van der Waals surface area contributed by atoms with Crippen LogP contribution in [0.5, 0.6) is 0 Å². The van der Waals surface area contributed by atoms with Crippen LogP contribution < -0.4 is 10.9 Å². The van der Waals surface area contributed by atoms with Crippen molar-refractivity contribution in [3.63, 3.8) is 0 Å². The molecule has 2 heterocycles. The minimum Gasteiger partial charge on any atom is -0.352 e. The first-order valence-corrected chi connectivity index (χ1v) is 7.96. The maximum absolute atomic E-state index is 12.4. The van der Waals surface area contributed by atoms with Gasteiger partial charge in [-0.1, -0.05) is 23.7 Å². The molecule has 3 aromatic rings. The molecule has 0 aliphatic rings. The highest BCUT2D eigenvalue weighted by atomic mass is 35.5. The van der Waals surface area contributed by atoms with Crippen molar-refractivity contribution >= 4 is 17.5 Å². The second-order valence-electron chi connectivity index (χ2n) is 5.49. The summed E-state index contributed by atoms with van der Waals surface area (Å²) in [5.74, 6) is 0.467. The Bertz CT molecular complexity index is 876. The highest BCUT2D eigenvalue weighted by molar-refractivity contribution is 6.30. The maximum Gasteiger partial charge on any atom is 0.256 e. The molecule has 0 saturated carbocycles. The number of H-pyrrole nitrogens is 1. The summed E-state index contributed by atoms with van der Waals surface area (Å²) in [7, 11) is 0. The van der Waals surface area contributed by atoms with Gasteiger partial charge in [0.15, 0.2) is 0 Å². The maximum atomic E-state index is 12.4. The minimum absolute atomic E-state index is 0.130. The number of hydrogen-bond donors (Lipinski definition) is 2. The van der Waals surface area contributed by atoms with Gasteiger partial charge in [-0.25, -0.2) is 4.98 Å². The van der Waals surface area contributed by atoms with Crippen molar-refractivity contribution in [2.45, 2.75) is 19.9 Å². The molecule has 5 nitrogen and oxygen atoms in total. The Kier molecular flexibility index (Phi) is 4.91. The molecule has 0 atom stereocenters. The van der Waals surface area contributed by atoms with Crippen LogP contribution >= 0.6 is 11.6 Å². The average Bonchev–Trinajstić information content (AvgIpc) is 2.59. The number of nitrogens with zero attached hydrogens (tertiary/aromatic N) is 2. The predicted molar refractivity (Wildman–Crippen MR) is 95.4 cm³/mol. The number of hydrogen-bond acceptors (Lipinski definition) is 4. The third-order valence-electron chi connectivity index (χ3n) is 3.73. The normalized spacial score (nSPS) is 10.6. The number of halogens is 1. The molecule has 2 aromatic heterocycles. The van der Waals surface area contributed by atoms with Gasteiger partial charge in [-0.2, -0.15) is 0 Å². The van der Waals surface area contributed by atoms with Crippen LogP contribution in [0.25, 0.3) is 0 Å². The summed E-state index contributed by atoms with van der Waals surface area (Å²) in [5.41, 5.74) is 3.33. The molecule has 1 aromatic carbocycles. The van der Waals surface area contributed by atoms with Gasteiger partial charge in [0.25, 0.3) is 5.56 Å². The Labute approximate surface area is 144 Å². The summed E-state index contributed by atoms with van der Waals surface area (Å²) in [4.78, 5) is 23.6. The van der Waals surface area contributed by atoms with Crippen molar-refractivity contribution in [2.24, 2.45) is 0 Å². The van der Waals surface area contributed by atoms with Gasteiger partial charge in [-0.3, -0.25) is 14.8 Å². The summed E-state index contributed by atoms with van der Waals surface area (Å²) >= 11 is 5.89. The topological polar surface area (TPSA) is 70.7 Å². The molecule has 2 N–H and O–H groups in total. The van der Waals surface area contributed by atoms with E-state index < -0.39 is 0 Å². The monoisotopic (exact) mass is 340 g/mol. The van der Waals surface area contributed by atoms with Crippen LogP contribution in [0.3, 0.4) is 0 Å². The Morgan fingerprint density at radius 1 is 1.08 bits per heavy atom. The fourth-order valence-electron chi connectivity index (χ4n) is 2.40. The zero-order valence-corrected chi connectivity index (χ0v) is 14.0. The molecule has 3 rings (SSSR count). The van der Waals surface area contributed by atoms with Crippen LogP contribution in [0.1, 0.15) is 22.4 Å². The molecule has 0 fully saturated rings. The van der Waals surface area contributed by atoms with E-state index in [0.717, 1.165) is 11.1 Å². The van der Waals surface area contributed by atoms with E-state index in [2.05, 4.69) is 20.3 Å². The molecule has 0 radical (unpaired) electrons. The molecule has 122 valence electrons. The van der Waals surface area contributed by atoms with Crippen LogP contribution in [-0.4, -0.2) is 15.0 Å². The van der Waals surface area contributed by atoms with E-state index in [9.17, 15) is 4.79 Å². The second-order valence-corrected chi connectivity index (χ2v) is 5.93. The van der Waals surface area contributed by atoms with E-state index in [1.165, 1.54) is 0 Å². The van der Waals surface area contributed by atoms with Crippen molar-refractivity contribution in [1.29, 1.82) is 0 Å². The highest BCUT2D eigenvalue weighted by Gasteiger charge is 2.09. The molecule has 0 aliphatic carbocycles. The lowest BCUT2D eigenvalue weighted by Gasteiger charge is -2.09. The summed E-state index contributed by atoms with van der Waals surface area (Å²) in [6, 6.07) is 11.3. The molecular weight excluding hydrogens is 324 g/mol. The predicted octanol–water partition coefficient (Wildman–Crippen LogP) is 3.33. The number of pyridine rings is 1. The van der Waals surface area contributed by atoms with E-state index >= 15 is 0 Å². The molecular formula is C18H17ClN4O. The number of benzene rings is 1. The Balaban J connectivity index is 1.76. The van der Waals surface area contributed by atoms with Crippen LogP contribution in [0.2, 0.25) is 5.02 Å². The van der Waals surface area contributed by atoms with E-state index in [-0.39, 0.29) is 5.56 Å². The Morgan fingerprint density at radius 2 is 1.79 bits per heavy atom. The van der Waals surface area contributed by atoms with Crippen molar-refractivity contribution in [2.75, 3.05) is 5.32 Å². The molecule has 0 bridgehead atoms. The van der Waals surface area contributed by atoms with Gasteiger partial charge in [-0.15, -0.1) is 0 Å². The van der Waals surface area contributed by atoms with Crippen LogP contribution in [0.4, 0.5) is 5.95 Å². The van der Waals surface area contributed by atoms with E-state index in [1.54, 1.807) is 12.4 Å². The van der Waals surface area contributed by atoms with Crippen LogP contribution in [-0.2, 0) is 13.0 Å². The molecule has 0 saturated heterocycles. The number of anilines is 1. The number of aromatic amines is 1. The quantitative estimate of drug-likeness (QED) is 0.747. The third-order valence-corrected chi connectivity index (χ3v) is 3.98. The third kappa shape index (κ3) is 4.00. The zero-order valence-electron chi connectivity index (χ0n) is 13.2. The van der Waals surface area contributed by atoms with Crippen molar-refractivity contribution < 1.29 is 0 Å². The largest absolute Gasteiger partial charge is 0.352 e. The van der Waals surface area contributed by atoms with Gasteiger partial charge in [0.2, 0.25) is 5.95 Å². The zero-order chi connectivity index (χ0) is 16.9. The molecule has 6 heteroatoms. The van der Waals surface area contributed by atoms with E-state index in [4.69, 9.17) is 11.6 Å². The number of aromatic nitrogens is 3. The smallest absolute Gasteiger partial charge is 0.256 e. The van der Waals surface area contributed by atoms with Gasteiger partial charge in [0, 0.05) is 35.9 Å². The summed E-state index contributed by atoms with van der Waals surface area (Å²) < 4.78 is 0. The van der Waals surface area contributed by atoms with E-state index in [1.807, 2.05) is 43.3 Å². The molecule has 0 unspecified atom stereocenters. The number of rotatable bonds is 5. The highest BCUT2D eigenvalue weighted by Crippen LogP contribution is 2.14. The number of aryl methyl sites for hydroxylation is 1. The summed E-state index contributed by atoms with van der Waals surface area (Å²) in [5, 5.41) is 3.81. The van der Waals surface area contributed by atoms with Crippen molar-refractivity contribution in [1.82, 2.24) is 15.0 Å². The van der Waals surface area contributed by atoms with Crippen molar-refractivity contribution in [3.8, 4) is 0 Å². The molecule has 0 aliphatic heterocycles. The summed E-state index contributed by atoms with van der Waals surface area (Å²) in [6.07, 6.45) is 3.98. The van der Waals surface area contributed by atoms with Gasteiger partial charge < -0.3 is 5.32 Å². The summed E-state index contributed by atoms with van der Waals surface area (Å²) in [6.45, 7) is 2.42. The fraction of sp³-hybridized carbons (Fsp3) is 0.167. The van der Waals surface area contributed by atoms with Gasteiger partial charge >= 0.3 is 0 Å². The lowest BCUT2D eigenvalue weighted by Crippen LogP contribution is -2.19. The lowest BCUT2D eigenvalue weighted by molar-refractivity contribution is 0.956. The van der Waals surface area contributed by atoms with Gasteiger partial charge in [-0.05, 0) is 42.3 Å². The first kappa shape index (κ1) is 16.2. The van der Waals surface area contributed by atoms with Gasteiger partial charge in [0.05, 0.1) is 5.69 Å². The van der Waals surface area contributed by atoms with Crippen LogP contribution in [0, 0.1) is 6.92 Å².